The molecule has 0 amide bonds. The topological polar surface area (TPSA) is 121 Å². The molecule has 0 aromatic heterocycles. The standard InChI is InChI=1S/C30H40O8/c1-15(9-10-22(35)37-8)17-13-21(34)30(7)23-18(32)14-19-27(3,4)20(33)11-12-28(19,5)24(23)25(36)26(29(17,30)6)38-16(2)31/h15,17,19,26H,9-14H2,1-8H3/t15-,17-,19+,26-,28+,29+,30+/m1/s1. The van der Waals surface area contributed by atoms with E-state index in [1.54, 1.807) is 13.8 Å². The SMILES string of the molecule is COC(=O)CC[C@@H](C)[C@H]1CC(=O)[C@@]2(C)C3=C(C(=O)[C@@H](OC(C)=O)[C@]12C)[C@@]1(C)CCC(=O)C(C)(C)[C@@H]1CC3=O. The Hall–Kier alpha value is -2.64. The minimum absolute atomic E-state index is 0.0594. The third-order valence-electron chi connectivity index (χ3n) is 11.1. The van der Waals surface area contributed by atoms with Crippen molar-refractivity contribution in [3.05, 3.63) is 11.1 Å². The number of ketones is 4. The van der Waals surface area contributed by atoms with E-state index in [4.69, 9.17) is 9.47 Å². The van der Waals surface area contributed by atoms with Gasteiger partial charge in [-0.15, -0.1) is 0 Å². The minimum Gasteiger partial charge on any atom is -0.469 e. The number of rotatable bonds is 5. The van der Waals surface area contributed by atoms with Crippen LogP contribution in [0.1, 0.15) is 87.0 Å². The van der Waals surface area contributed by atoms with Gasteiger partial charge in [0.2, 0.25) is 5.78 Å². The molecule has 0 N–H and O–H groups in total. The van der Waals surface area contributed by atoms with Crippen molar-refractivity contribution in [1.82, 2.24) is 0 Å². The zero-order valence-electron chi connectivity index (χ0n) is 23.8. The predicted octanol–water partition coefficient (Wildman–Crippen LogP) is 3.97. The second-order valence-electron chi connectivity index (χ2n) is 13.1. The Balaban J connectivity index is 1.95. The fourth-order valence-corrected chi connectivity index (χ4v) is 8.62. The highest BCUT2D eigenvalue weighted by Gasteiger charge is 2.74. The summed E-state index contributed by atoms with van der Waals surface area (Å²) in [5.74, 6) is -2.81. The summed E-state index contributed by atoms with van der Waals surface area (Å²) in [5.41, 5.74) is -3.62. The van der Waals surface area contributed by atoms with Gasteiger partial charge in [-0.25, -0.2) is 0 Å². The summed E-state index contributed by atoms with van der Waals surface area (Å²) in [4.78, 5) is 79.7. The summed E-state index contributed by atoms with van der Waals surface area (Å²) in [6.07, 6.45) is 0.167. The van der Waals surface area contributed by atoms with Gasteiger partial charge in [0.1, 0.15) is 11.6 Å². The van der Waals surface area contributed by atoms with E-state index in [0.717, 1.165) is 0 Å². The van der Waals surface area contributed by atoms with Crippen LogP contribution in [0.15, 0.2) is 11.1 Å². The molecule has 0 radical (unpaired) electrons. The van der Waals surface area contributed by atoms with Crippen molar-refractivity contribution in [1.29, 1.82) is 0 Å². The average molecular weight is 529 g/mol. The number of carbonyl (C=O) groups excluding carboxylic acids is 6. The van der Waals surface area contributed by atoms with Gasteiger partial charge >= 0.3 is 11.9 Å². The number of Topliss-reactive ketones (excluding diaryl/α,β-unsaturated/α-hetero) is 4. The summed E-state index contributed by atoms with van der Waals surface area (Å²) in [5, 5.41) is 0. The first-order chi connectivity index (χ1) is 17.5. The van der Waals surface area contributed by atoms with E-state index in [0.29, 0.717) is 12.8 Å². The van der Waals surface area contributed by atoms with Gasteiger partial charge in [-0.2, -0.15) is 0 Å². The Labute approximate surface area is 224 Å². The molecule has 0 saturated heterocycles. The maximum Gasteiger partial charge on any atom is 0.305 e. The Morgan fingerprint density at radius 1 is 0.974 bits per heavy atom. The van der Waals surface area contributed by atoms with Crippen LogP contribution in [0.25, 0.3) is 0 Å². The Morgan fingerprint density at radius 3 is 2.18 bits per heavy atom. The maximum atomic E-state index is 14.5. The molecule has 2 saturated carbocycles. The van der Waals surface area contributed by atoms with Gasteiger partial charge in [-0.05, 0) is 37.5 Å². The molecule has 38 heavy (non-hydrogen) atoms. The number of methoxy groups -OCH3 is 1. The zero-order chi connectivity index (χ0) is 28.6. The van der Waals surface area contributed by atoms with Crippen molar-refractivity contribution >= 4 is 35.1 Å². The van der Waals surface area contributed by atoms with Crippen LogP contribution in [0.5, 0.6) is 0 Å². The van der Waals surface area contributed by atoms with Crippen LogP contribution < -0.4 is 0 Å². The van der Waals surface area contributed by atoms with Crippen LogP contribution in [0.3, 0.4) is 0 Å². The molecule has 0 aromatic rings. The van der Waals surface area contributed by atoms with E-state index in [1.165, 1.54) is 14.0 Å². The summed E-state index contributed by atoms with van der Waals surface area (Å²) in [6, 6.07) is 0. The Morgan fingerprint density at radius 2 is 1.61 bits per heavy atom. The number of esters is 2. The van der Waals surface area contributed by atoms with Gasteiger partial charge in [0.15, 0.2) is 11.9 Å². The smallest absolute Gasteiger partial charge is 0.305 e. The highest BCUT2D eigenvalue weighted by Crippen LogP contribution is 2.70. The molecule has 8 heteroatoms. The number of ether oxygens (including phenoxy) is 2. The van der Waals surface area contributed by atoms with E-state index in [-0.39, 0.29) is 66.1 Å². The van der Waals surface area contributed by atoms with Crippen molar-refractivity contribution in [2.45, 2.75) is 93.1 Å². The Kier molecular flexibility index (Phi) is 6.68. The lowest BCUT2D eigenvalue weighted by Crippen LogP contribution is -2.64. The van der Waals surface area contributed by atoms with Gasteiger partial charge in [0, 0.05) is 60.0 Å². The third kappa shape index (κ3) is 3.54. The minimum atomic E-state index is -1.35. The summed E-state index contributed by atoms with van der Waals surface area (Å²) >= 11 is 0. The van der Waals surface area contributed by atoms with Crippen molar-refractivity contribution in [3.8, 4) is 0 Å². The summed E-state index contributed by atoms with van der Waals surface area (Å²) < 4.78 is 10.6. The maximum absolute atomic E-state index is 14.5. The number of allylic oxidation sites excluding steroid dienone is 1. The molecule has 7 atom stereocenters. The van der Waals surface area contributed by atoms with E-state index in [9.17, 15) is 28.8 Å². The number of hydrogen-bond donors (Lipinski definition) is 0. The van der Waals surface area contributed by atoms with E-state index in [2.05, 4.69) is 0 Å². The largest absolute Gasteiger partial charge is 0.469 e. The van der Waals surface area contributed by atoms with Gasteiger partial charge in [-0.1, -0.05) is 34.6 Å². The molecular weight excluding hydrogens is 488 g/mol. The molecule has 8 nitrogen and oxygen atoms in total. The highest BCUT2D eigenvalue weighted by atomic mass is 16.5. The molecule has 4 aliphatic carbocycles. The fourth-order valence-electron chi connectivity index (χ4n) is 8.62. The van der Waals surface area contributed by atoms with Gasteiger partial charge in [-0.3, -0.25) is 28.8 Å². The summed E-state index contributed by atoms with van der Waals surface area (Å²) in [6.45, 7) is 12.3. The Bertz CT molecular complexity index is 1180. The summed E-state index contributed by atoms with van der Waals surface area (Å²) in [7, 11) is 1.32. The van der Waals surface area contributed by atoms with E-state index < -0.39 is 51.4 Å². The molecule has 0 unspecified atom stereocenters. The fraction of sp³-hybridized carbons (Fsp3) is 0.733. The number of hydrogen-bond acceptors (Lipinski definition) is 8. The first-order valence-electron chi connectivity index (χ1n) is 13.6. The van der Waals surface area contributed by atoms with E-state index in [1.807, 2.05) is 27.7 Å². The molecular formula is C30H40O8. The van der Waals surface area contributed by atoms with Crippen LogP contribution in [-0.2, 0) is 38.2 Å². The molecule has 4 aliphatic rings. The van der Waals surface area contributed by atoms with Crippen LogP contribution in [0.2, 0.25) is 0 Å². The molecule has 0 heterocycles. The van der Waals surface area contributed by atoms with Gasteiger partial charge in [0.25, 0.3) is 0 Å². The molecule has 0 bridgehead atoms. The molecule has 2 fully saturated rings. The first-order valence-corrected chi connectivity index (χ1v) is 13.6. The number of carbonyl (C=O) groups is 6. The lowest BCUT2D eigenvalue weighted by molar-refractivity contribution is -0.175. The van der Waals surface area contributed by atoms with Crippen molar-refractivity contribution in [2.24, 2.45) is 39.4 Å². The lowest BCUT2D eigenvalue weighted by atomic mass is 9.42. The highest BCUT2D eigenvalue weighted by molar-refractivity contribution is 6.18. The predicted molar refractivity (Wildman–Crippen MR) is 137 cm³/mol. The molecule has 0 spiro atoms. The van der Waals surface area contributed by atoms with Crippen LogP contribution in [-0.4, -0.2) is 48.3 Å². The van der Waals surface area contributed by atoms with E-state index >= 15 is 0 Å². The van der Waals surface area contributed by atoms with Crippen LogP contribution in [0.4, 0.5) is 0 Å². The lowest BCUT2D eigenvalue weighted by Gasteiger charge is -2.59. The monoisotopic (exact) mass is 528 g/mol. The molecule has 4 rings (SSSR count). The van der Waals surface area contributed by atoms with Crippen LogP contribution in [0, 0.1) is 39.4 Å². The normalized spacial score (nSPS) is 38.8. The quantitative estimate of drug-likeness (QED) is 0.492. The average Bonchev–Trinajstić information content (AvgIpc) is 3.05. The number of fused-ring (bicyclic) bond motifs is 4. The van der Waals surface area contributed by atoms with Gasteiger partial charge < -0.3 is 9.47 Å². The second-order valence-corrected chi connectivity index (χ2v) is 13.1. The van der Waals surface area contributed by atoms with Crippen molar-refractivity contribution in [3.63, 3.8) is 0 Å². The zero-order valence-corrected chi connectivity index (χ0v) is 23.8. The van der Waals surface area contributed by atoms with Crippen molar-refractivity contribution < 1.29 is 38.2 Å². The second kappa shape index (κ2) is 8.95. The molecule has 0 aliphatic heterocycles. The van der Waals surface area contributed by atoms with Gasteiger partial charge in [0.05, 0.1) is 12.5 Å². The molecule has 208 valence electrons. The third-order valence-corrected chi connectivity index (χ3v) is 11.1. The molecule has 0 aromatic carbocycles. The van der Waals surface area contributed by atoms with Crippen molar-refractivity contribution in [2.75, 3.05) is 7.11 Å². The first kappa shape index (κ1) is 28.4. The van der Waals surface area contributed by atoms with Crippen LogP contribution >= 0.6 is 0 Å².